The number of fused-ring (bicyclic) bond motifs is 1. The number of carbonyl (C=O) groups excluding carboxylic acids is 1. The van der Waals surface area contributed by atoms with Gasteiger partial charge in [0.15, 0.2) is 0 Å². The van der Waals surface area contributed by atoms with Gasteiger partial charge >= 0.3 is 5.97 Å². The zero-order valence-electron chi connectivity index (χ0n) is 10.9. The van der Waals surface area contributed by atoms with Gasteiger partial charge in [-0.25, -0.2) is 4.79 Å². The number of carbonyl (C=O) groups is 1. The van der Waals surface area contributed by atoms with Crippen LogP contribution in [0.25, 0.3) is 0 Å². The van der Waals surface area contributed by atoms with Gasteiger partial charge in [0.1, 0.15) is 6.10 Å². The van der Waals surface area contributed by atoms with Gasteiger partial charge < -0.3 is 14.6 Å². The van der Waals surface area contributed by atoms with Crippen LogP contribution in [-0.2, 0) is 15.3 Å². The van der Waals surface area contributed by atoms with Gasteiger partial charge in [-0.1, -0.05) is 37.3 Å². The first kappa shape index (κ1) is 12.4. The Bertz CT molecular complexity index is 551. The van der Waals surface area contributed by atoms with E-state index in [4.69, 9.17) is 9.47 Å². The minimum Gasteiger partial charge on any atom is -0.422 e. The summed E-state index contributed by atoms with van der Waals surface area (Å²) in [5.74, 6) is -2.25. The summed E-state index contributed by atoms with van der Waals surface area (Å²) in [5.41, 5.74) is 0.891. The maximum absolute atomic E-state index is 11.9. The molecule has 3 rings (SSSR count). The van der Waals surface area contributed by atoms with Crippen LogP contribution in [-0.4, -0.2) is 23.3 Å². The quantitative estimate of drug-likeness (QED) is 0.619. The summed E-state index contributed by atoms with van der Waals surface area (Å²) in [6.45, 7) is 3.82. The first-order chi connectivity index (χ1) is 9.02. The fourth-order valence-electron chi connectivity index (χ4n) is 2.72. The largest absolute Gasteiger partial charge is 0.422 e. The van der Waals surface area contributed by atoms with Crippen LogP contribution in [0.4, 0.5) is 0 Å². The third kappa shape index (κ3) is 1.79. The van der Waals surface area contributed by atoms with E-state index in [9.17, 15) is 9.90 Å². The van der Waals surface area contributed by atoms with E-state index in [-0.39, 0.29) is 12.0 Å². The number of cyclic esters (lactones) is 1. The molecule has 1 N–H and O–H groups in total. The van der Waals surface area contributed by atoms with Crippen molar-refractivity contribution < 1.29 is 19.4 Å². The van der Waals surface area contributed by atoms with Crippen LogP contribution in [0.3, 0.4) is 0 Å². The molecule has 4 nitrogen and oxygen atoms in total. The van der Waals surface area contributed by atoms with Gasteiger partial charge in [-0.3, -0.25) is 0 Å². The fourth-order valence-corrected chi connectivity index (χ4v) is 2.72. The SMILES string of the molecule is CC1C=CC(C)C(C2(O)OC(=O)c3ccccc32)O1. The van der Waals surface area contributed by atoms with Gasteiger partial charge in [0, 0.05) is 11.5 Å². The van der Waals surface area contributed by atoms with Crippen molar-refractivity contribution in [3.8, 4) is 0 Å². The van der Waals surface area contributed by atoms with Gasteiger partial charge in [0.2, 0.25) is 0 Å². The van der Waals surface area contributed by atoms with E-state index in [0.717, 1.165) is 0 Å². The van der Waals surface area contributed by atoms with E-state index in [0.29, 0.717) is 11.1 Å². The monoisotopic (exact) mass is 260 g/mol. The number of hydrogen-bond donors (Lipinski definition) is 1. The highest BCUT2D eigenvalue weighted by Crippen LogP contribution is 2.42. The zero-order valence-corrected chi connectivity index (χ0v) is 10.9. The predicted molar refractivity (Wildman–Crippen MR) is 68.4 cm³/mol. The molecular weight excluding hydrogens is 244 g/mol. The molecule has 2 heterocycles. The van der Waals surface area contributed by atoms with Crippen LogP contribution < -0.4 is 0 Å². The number of esters is 1. The molecule has 19 heavy (non-hydrogen) atoms. The Morgan fingerprint density at radius 1 is 1.21 bits per heavy atom. The third-order valence-corrected chi connectivity index (χ3v) is 3.69. The van der Waals surface area contributed by atoms with E-state index in [1.807, 2.05) is 26.0 Å². The molecule has 0 radical (unpaired) electrons. The lowest BCUT2D eigenvalue weighted by molar-refractivity contribution is -0.255. The van der Waals surface area contributed by atoms with Crippen LogP contribution in [0.2, 0.25) is 0 Å². The van der Waals surface area contributed by atoms with E-state index >= 15 is 0 Å². The van der Waals surface area contributed by atoms with Gasteiger partial charge in [-0.2, -0.15) is 0 Å². The highest BCUT2D eigenvalue weighted by Gasteiger charge is 2.53. The number of hydrogen-bond acceptors (Lipinski definition) is 4. The molecule has 100 valence electrons. The summed E-state index contributed by atoms with van der Waals surface area (Å²) in [7, 11) is 0. The molecule has 0 saturated carbocycles. The predicted octanol–water partition coefficient (Wildman–Crippen LogP) is 1.98. The first-order valence-electron chi connectivity index (χ1n) is 6.41. The molecule has 0 bridgehead atoms. The Morgan fingerprint density at radius 2 is 1.95 bits per heavy atom. The smallest absolute Gasteiger partial charge is 0.341 e. The van der Waals surface area contributed by atoms with E-state index in [1.54, 1.807) is 24.3 Å². The van der Waals surface area contributed by atoms with Crippen molar-refractivity contribution in [2.24, 2.45) is 5.92 Å². The first-order valence-corrected chi connectivity index (χ1v) is 6.41. The fraction of sp³-hybridized carbons (Fsp3) is 0.400. The van der Waals surface area contributed by atoms with Crippen molar-refractivity contribution in [2.75, 3.05) is 0 Å². The maximum Gasteiger partial charge on any atom is 0.341 e. The average Bonchev–Trinajstić information content (AvgIpc) is 2.66. The molecule has 4 unspecified atom stereocenters. The number of aliphatic hydroxyl groups is 1. The minimum atomic E-state index is -1.70. The maximum atomic E-state index is 11.9. The van der Waals surface area contributed by atoms with Gasteiger partial charge in [-0.15, -0.1) is 0 Å². The molecule has 1 aromatic carbocycles. The Labute approximate surface area is 111 Å². The molecule has 4 heteroatoms. The van der Waals surface area contributed by atoms with Crippen LogP contribution in [0, 0.1) is 5.92 Å². The molecule has 0 saturated heterocycles. The molecule has 0 fully saturated rings. The second kappa shape index (κ2) is 4.18. The summed E-state index contributed by atoms with van der Waals surface area (Å²) in [6, 6.07) is 6.89. The zero-order chi connectivity index (χ0) is 13.6. The highest BCUT2D eigenvalue weighted by molar-refractivity contribution is 5.94. The standard InChI is InChI=1S/C15H16O4/c1-9-7-8-10(2)18-13(9)15(17)12-6-4-3-5-11(12)14(16)19-15/h3-10,13,17H,1-2H3. The lowest BCUT2D eigenvalue weighted by Crippen LogP contribution is -2.47. The van der Waals surface area contributed by atoms with Gasteiger partial charge in [0.05, 0.1) is 11.7 Å². The van der Waals surface area contributed by atoms with Crippen LogP contribution >= 0.6 is 0 Å². The van der Waals surface area contributed by atoms with Gasteiger partial charge in [0.25, 0.3) is 5.79 Å². The highest BCUT2D eigenvalue weighted by atomic mass is 16.7. The normalized spacial score (nSPS) is 37.0. The van der Waals surface area contributed by atoms with Crippen molar-refractivity contribution >= 4 is 5.97 Å². The van der Waals surface area contributed by atoms with Crippen molar-refractivity contribution in [1.29, 1.82) is 0 Å². The summed E-state index contributed by atoms with van der Waals surface area (Å²) in [6.07, 6.45) is 3.20. The Morgan fingerprint density at radius 3 is 2.74 bits per heavy atom. The average molecular weight is 260 g/mol. The Kier molecular flexibility index (Phi) is 2.73. The molecule has 0 spiro atoms. The van der Waals surface area contributed by atoms with E-state index in [2.05, 4.69) is 0 Å². The second-order valence-corrected chi connectivity index (χ2v) is 5.14. The molecule has 2 aliphatic rings. The minimum absolute atomic E-state index is 0.0415. The van der Waals surface area contributed by atoms with Crippen molar-refractivity contribution in [2.45, 2.75) is 31.8 Å². The van der Waals surface area contributed by atoms with Gasteiger partial charge in [-0.05, 0) is 13.0 Å². The topological polar surface area (TPSA) is 55.8 Å². The Hall–Kier alpha value is -1.65. The summed E-state index contributed by atoms with van der Waals surface area (Å²) >= 11 is 0. The molecule has 0 aromatic heterocycles. The molecular formula is C15H16O4. The summed E-state index contributed by atoms with van der Waals surface area (Å²) in [4.78, 5) is 11.9. The summed E-state index contributed by atoms with van der Waals surface area (Å²) < 4.78 is 11.0. The lowest BCUT2D eigenvalue weighted by Gasteiger charge is -2.38. The van der Waals surface area contributed by atoms with Crippen LogP contribution in [0.5, 0.6) is 0 Å². The number of benzene rings is 1. The third-order valence-electron chi connectivity index (χ3n) is 3.69. The number of rotatable bonds is 1. The molecule has 0 aliphatic carbocycles. The van der Waals surface area contributed by atoms with Crippen molar-refractivity contribution in [1.82, 2.24) is 0 Å². The van der Waals surface area contributed by atoms with E-state index in [1.165, 1.54) is 0 Å². The molecule has 1 aromatic rings. The van der Waals surface area contributed by atoms with Crippen molar-refractivity contribution in [3.63, 3.8) is 0 Å². The second-order valence-electron chi connectivity index (χ2n) is 5.14. The van der Waals surface area contributed by atoms with Crippen LogP contribution in [0.1, 0.15) is 29.8 Å². The lowest BCUT2D eigenvalue weighted by atomic mass is 9.88. The molecule has 2 aliphatic heterocycles. The summed E-state index contributed by atoms with van der Waals surface area (Å²) in [5, 5.41) is 10.8. The Balaban J connectivity index is 2.05. The molecule has 0 amide bonds. The van der Waals surface area contributed by atoms with E-state index < -0.39 is 17.9 Å². The van der Waals surface area contributed by atoms with Crippen LogP contribution in [0.15, 0.2) is 36.4 Å². The van der Waals surface area contributed by atoms with Crippen molar-refractivity contribution in [3.05, 3.63) is 47.5 Å². The molecule has 4 atom stereocenters. The number of ether oxygens (including phenoxy) is 2.